The molecular weight excluding hydrogens is 493 g/mol. The van der Waals surface area contributed by atoms with Crippen LogP contribution in [0, 0.1) is 17.7 Å². The number of hydrogen-bond donors (Lipinski definition) is 1. The van der Waals surface area contributed by atoms with Crippen LogP contribution in [0.15, 0.2) is 109 Å². The third-order valence-corrected chi connectivity index (χ3v) is 6.44. The quantitative estimate of drug-likeness (QED) is 0.172. The number of hydrogen-bond acceptors (Lipinski definition) is 4. The van der Waals surface area contributed by atoms with Crippen LogP contribution in [0.5, 0.6) is 5.75 Å². The first-order valence-corrected chi connectivity index (χ1v) is 12.8. The Morgan fingerprint density at radius 2 is 1.36 bits per heavy atom. The third kappa shape index (κ3) is 6.85. The number of anilines is 1. The monoisotopic (exact) mass is 523 g/mol. The van der Waals surface area contributed by atoms with Crippen LogP contribution in [0.3, 0.4) is 0 Å². The maximum atomic E-state index is 13.9. The molecular formula is C33H30FNO4. The molecule has 6 heteroatoms. The normalized spacial score (nSPS) is 12.4. The van der Waals surface area contributed by atoms with Gasteiger partial charge in [0.25, 0.3) is 0 Å². The molecule has 4 aromatic carbocycles. The van der Waals surface area contributed by atoms with Gasteiger partial charge < -0.3 is 10.1 Å². The van der Waals surface area contributed by atoms with Crippen LogP contribution < -0.4 is 10.1 Å². The van der Waals surface area contributed by atoms with Gasteiger partial charge in [0.2, 0.25) is 5.91 Å². The van der Waals surface area contributed by atoms with Gasteiger partial charge in [-0.25, -0.2) is 4.39 Å². The standard InChI is InChI=1S/C33H30FNO4/c1-22(2)31(36)30(29(24-13-7-4-8-14-24)32(37)25-17-19-26(34)20-18-25)33(38)35-27-15-9-10-16-28(27)39-21-23-11-5-3-6-12-23/h3-20,22,29-30H,21H2,1-2H3,(H,35,38)/t29-,30+/m0/s1. The number of benzene rings is 4. The van der Waals surface area contributed by atoms with Gasteiger partial charge >= 0.3 is 0 Å². The second-order valence-corrected chi connectivity index (χ2v) is 9.55. The van der Waals surface area contributed by atoms with Gasteiger partial charge in [0.15, 0.2) is 5.78 Å². The molecule has 0 saturated carbocycles. The predicted molar refractivity (Wildman–Crippen MR) is 149 cm³/mol. The van der Waals surface area contributed by atoms with Crippen LogP contribution in [0.4, 0.5) is 10.1 Å². The highest BCUT2D eigenvalue weighted by Crippen LogP contribution is 2.34. The molecule has 0 aliphatic carbocycles. The Morgan fingerprint density at radius 3 is 2.00 bits per heavy atom. The molecule has 0 aromatic heterocycles. The summed E-state index contributed by atoms with van der Waals surface area (Å²) in [6, 6.07) is 30.4. The molecule has 39 heavy (non-hydrogen) atoms. The van der Waals surface area contributed by atoms with E-state index < -0.39 is 35.3 Å². The number of nitrogens with one attached hydrogen (secondary N) is 1. The van der Waals surface area contributed by atoms with E-state index in [-0.39, 0.29) is 18.0 Å². The van der Waals surface area contributed by atoms with Gasteiger partial charge in [-0.1, -0.05) is 86.6 Å². The molecule has 0 aliphatic heterocycles. The number of carbonyl (C=O) groups excluding carboxylic acids is 3. The minimum Gasteiger partial charge on any atom is -0.487 e. The molecule has 4 aromatic rings. The van der Waals surface area contributed by atoms with Gasteiger partial charge in [0.05, 0.1) is 11.6 Å². The summed E-state index contributed by atoms with van der Waals surface area (Å²) in [7, 11) is 0. The van der Waals surface area contributed by atoms with Crippen molar-refractivity contribution in [3.05, 3.63) is 132 Å². The molecule has 0 aliphatic rings. The zero-order valence-corrected chi connectivity index (χ0v) is 21.8. The molecule has 0 heterocycles. The fourth-order valence-corrected chi connectivity index (χ4v) is 4.39. The van der Waals surface area contributed by atoms with Gasteiger partial charge in [-0.2, -0.15) is 0 Å². The highest BCUT2D eigenvalue weighted by atomic mass is 19.1. The Hall–Kier alpha value is -4.58. The van der Waals surface area contributed by atoms with E-state index in [4.69, 9.17) is 4.74 Å². The van der Waals surface area contributed by atoms with Crippen LogP contribution in [0.2, 0.25) is 0 Å². The number of Topliss-reactive ketones (excluding diaryl/α,β-unsaturated/α-hetero) is 2. The van der Waals surface area contributed by atoms with E-state index in [0.29, 0.717) is 17.0 Å². The predicted octanol–water partition coefficient (Wildman–Crippen LogP) is 6.85. The first kappa shape index (κ1) is 27.5. The molecule has 0 radical (unpaired) electrons. The zero-order chi connectivity index (χ0) is 27.8. The molecule has 2 atom stereocenters. The van der Waals surface area contributed by atoms with Gasteiger partial charge in [-0.15, -0.1) is 0 Å². The summed E-state index contributed by atoms with van der Waals surface area (Å²) < 4.78 is 19.6. The number of amides is 1. The number of ketones is 2. The summed E-state index contributed by atoms with van der Waals surface area (Å²) in [6.45, 7) is 3.69. The maximum Gasteiger partial charge on any atom is 0.236 e. The van der Waals surface area contributed by atoms with Gasteiger partial charge in [-0.3, -0.25) is 14.4 Å². The lowest BCUT2D eigenvalue weighted by Gasteiger charge is -2.27. The molecule has 0 saturated heterocycles. The smallest absolute Gasteiger partial charge is 0.236 e. The number of para-hydroxylation sites is 2. The largest absolute Gasteiger partial charge is 0.487 e. The number of ether oxygens (including phenoxy) is 1. The van der Waals surface area contributed by atoms with Gasteiger partial charge in [0, 0.05) is 11.5 Å². The van der Waals surface area contributed by atoms with Crippen molar-refractivity contribution in [3.63, 3.8) is 0 Å². The Bertz CT molecular complexity index is 1420. The second kappa shape index (κ2) is 12.8. The molecule has 198 valence electrons. The van der Waals surface area contributed by atoms with Crippen LogP contribution in [0.25, 0.3) is 0 Å². The fraction of sp³-hybridized carbons (Fsp3) is 0.182. The molecule has 0 fully saturated rings. The topological polar surface area (TPSA) is 72.5 Å². The van der Waals surface area contributed by atoms with Crippen molar-refractivity contribution in [1.82, 2.24) is 0 Å². The molecule has 0 bridgehead atoms. The Kier molecular flexibility index (Phi) is 9.00. The van der Waals surface area contributed by atoms with Crippen LogP contribution in [-0.2, 0) is 16.2 Å². The molecule has 0 spiro atoms. The molecule has 1 N–H and O–H groups in total. The van der Waals surface area contributed by atoms with E-state index in [1.807, 2.05) is 30.3 Å². The lowest BCUT2D eigenvalue weighted by molar-refractivity contribution is -0.133. The van der Waals surface area contributed by atoms with E-state index in [1.165, 1.54) is 24.3 Å². The summed E-state index contributed by atoms with van der Waals surface area (Å²) in [5.41, 5.74) is 2.09. The van der Waals surface area contributed by atoms with E-state index in [0.717, 1.165) is 5.56 Å². The molecule has 0 unspecified atom stereocenters. The van der Waals surface area contributed by atoms with E-state index in [2.05, 4.69) is 5.32 Å². The first-order valence-electron chi connectivity index (χ1n) is 12.8. The zero-order valence-electron chi connectivity index (χ0n) is 21.8. The lowest BCUT2D eigenvalue weighted by atomic mass is 9.75. The highest BCUT2D eigenvalue weighted by Gasteiger charge is 2.41. The fourth-order valence-electron chi connectivity index (χ4n) is 4.39. The summed E-state index contributed by atoms with van der Waals surface area (Å²) in [5.74, 6) is -4.43. The van der Waals surface area contributed by atoms with Gasteiger partial charge in [-0.05, 0) is 47.5 Å². The Balaban J connectivity index is 1.69. The van der Waals surface area contributed by atoms with Crippen molar-refractivity contribution < 1.29 is 23.5 Å². The maximum absolute atomic E-state index is 13.9. The molecule has 4 rings (SSSR count). The summed E-state index contributed by atoms with van der Waals surface area (Å²) in [6.07, 6.45) is 0. The van der Waals surface area contributed by atoms with Crippen molar-refractivity contribution in [1.29, 1.82) is 0 Å². The minimum atomic E-state index is -1.33. The van der Waals surface area contributed by atoms with Crippen molar-refractivity contribution in [2.24, 2.45) is 11.8 Å². The lowest BCUT2D eigenvalue weighted by Crippen LogP contribution is -2.40. The van der Waals surface area contributed by atoms with Crippen molar-refractivity contribution >= 4 is 23.2 Å². The van der Waals surface area contributed by atoms with Crippen LogP contribution >= 0.6 is 0 Å². The van der Waals surface area contributed by atoms with Crippen molar-refractivity contribution in [2.45, 2.75) is 26.4 Å². The van der Waals surface area contributed by atoms with E-state index in [9.17, 15) is 18.8 Å². The summed E-state index contributed by atoms with van der Waals surface area (Å²) >= 11 is 0. The first-order chi connectivity index (χ1) is 18.8. The number of carbonyl (C=O) groups is 3. The van der Waals surface area contributed by atoms with Gasteiger partial charge in [0.1, 0.15) is 29.9 Å². The van der Waals surface area contributed by atoms with Crippen LogP contribution in [-0.4, -0.2) is 17.5 Å². The van der Waals surface area contributed by atoms with Crippen molar-refractivity contribution in [3.8, 4) is 5.75 Å². The third-order valence-electron chi connectivity index (χ3n) is 6.44. The SMILES string of the molecule is CC(C)C(=O)[C@H](C(=O)Nc1ccccc1OCc1ccccc1)[C@@H](C(=O)c1ccc(F)cc1)c1ccccc1. The van der Waals surface area contributed by atoms with E-state index >= 15 is 0 Å². The molecule has 1 amide bonds. The Labute approximate surface area is 227 Å². The van der Waals surface area contributed by atoms with E-state index in [1.54, 1.807) is 68.4 Å². The summed E-state index contributed by atoms with van der Waals surface area (Å²) in [4.78, 5) is 41.3. The number of rotatable bonds is 11. The van der Waals surface area contributed by atoms with Crippen molar-refractivity contribution in [2.75, 3.05) is 5.32 Å². The number of halogens is 1. The second-order valence-electron chi connectivity index (χ2n) is 9.55. The minimum absolute atomic E-state index is 0.214. The molecule has 5 nitrogen and oxygen atoms in total. The highest BCUT2D eigenvalue weighted by molar-refractivity contribution is 6.15. The Morgan fingerprint density at radius 1 is 0.769 bits per heavy atom. The average Bonchev–Trinajstić information content (AvgIpc) is 2.96. The summed E-state index contributed by atoms with van der Waals surface area (Å²) in [5, 5.41) is 2.85. The average molecular weight is 524 g/mol. The van der Waals surface area contributed by atoms with Crippen LogP contribution in [0.1, 0.15) is 41.3 Å².